The van der Waals surface area contributed by atoms with Crippen LogP contribution in [-0.2, 0) is 23.6 Å². The number of nitrogens with zero attached hydrogens (tertiary/aromatic N) is 2. The third-order valence-electron chi connectivity index (χ3n) is 2.59. The van der Waals surface area contributed by atoms with Gasteiger partial charge in [-0.3, -0.25) is 4.68 Å². The molecule has 0 fully saturated rings. The lowest BCUT2D eigenvalue weighted by atomic mass is 10.5. The highest BCUT2D eigenvalue weighted by atomic mass is 32.2. The lowest BCUT2D eigenvalue weighted by Gasteiger charge is -2.05. The number of sulfonamides is 1. The molecule has 2 rings (SSSR count). The summed E-state index contributed by atoms with van der Waals surface area (Å²) in [7, 11) is -1.97. The van der Waals surface area contributed by atoms with Gasteiger partial charge < -0.3 is 5.73 Å². The van der Waals surface area contributed by atoms with Gasteiger partial charge in [0.25, 0.3) is 0 Å². The third kappa shape index (κ3) is 2.40. The van der Waals surface area contributed by atoms with E-state index in [1.165, 1.54) is 16.0 Å². The molecule has 6 nitrogen and oxygen atoms in total. The van der Waals surface area contributed by atoms with Crippen LogP contribution >= 0.6 is 11.3 Å². The number of anilines is 1. The number of nitrogens with one attached hydrogen (secondary N) is 1. The van der Waals surface area contributed by atoms with Crippen LogP contribution in [-0.4, -0.2) is 18.2 Å². The first kappa shape index (κ1) is 13.1. The van der Waals surface area contributed by atoms with Gasteiger partial charge in [0.1, 0.15) is 4.90 Å². The van der Waals surface area contributed by atoms with Crippen LogP contribution in [0.3, 0.4) is 0 Å². The Morgan fingerprint density at radius 2 is 2.28 bits per heavy atom. The maximum atomic E-state index is 12.1. The van der Waals surface area contributed by atoms with Gasteiger partial charge in [-0.15, -0.1) is 11.3 Å². The highest BCUT2D eigenvalue weighted by Gasteiger charge is 2.24. The molecule has 0 amide bonds. The first-order valence-electron chi connectivity index (χ1n) is 5.23. The summed E-state index contributed by atoms with van der Waals surface area (Å²) in [6.45, 7) is 1.93. The topological polar surface area (TPSA) is 90.0 Å². The van der Waals surface area contributed by atoms with E-state index in [1.807, 2.05) is 17.5 Å². The Balaban J connectivity index is 2.26. The van der Waals surface area contributed by atoms with Crippen molar-refractivity contribution in [3.8, 4) is 0 Å². The second-order valence-electron chi connectivity index (χ2n) is 3.83. The van der Waals surface area contributed by atoms with Crippen molar-refractivity contribution in [1.29, 1.82) is 0 Å². The van der Waals surface area contributed by atoms with E-state index in [4.69, 9.17) is 5.73 Å². The molecule has 0 aromatic carbocycles. The summed E-state index contributed by atoms with van der Waals surface area (Å²) >= 11 is 1.49. The molecule has 3 N–H and O–H groups in total. The van der Waals surface area contributed by atoms with Crippen LogP contribution in [0.25, 0.3) is 0 Å². The molecular formula is C10H14N4O2S2. The highest BCUT2D eigenvalue weighted by molar-refractivity contribution is 7.89. The van der Waals surface area contributed by atoms with Crippen LogP contribution < -0.4 is 10.5 Å². The van der Waals surface area contributed by atoms with Gasteiger partial charge in [0.15, 0.2) is 5.82 Å². The number of hydrogen-bond donors (Lipinski definition) is 2. The van der Waals surface area contributed by atoms with Crippen molar-refractivity contribution in [2.75, 3.05) is 5.73 Å². The molecule has 0 aliphatic heterocycles. The standard InChI is InChI=1S/C10H14N4O2S2/c1-7-9(10(11)13-14(7)2)18(15,16)12-6-8-4-3-5-17-8/h3-5,12H,6H2,1-2H3,(H2,11,13). The van der Waals surface area contributed by atoms with Crippen molar-refractivity contribution in [3.63, 3.8) is 0 Å². The van der Waals surface area contributed by atoms with E-state index in [0.29, 0.717) is 5.69 Å². The van der Waals surface area contributed by atoms with E-state index in [0.717, 1.165) is 4.88 Å². The van der Waals surface area contributed by atoms with Crippen LogP contribution in [0.5, 0.6) is 0 Å². The maximum Gasteiger partial charge on any atom is 0.246 e. The van der Waals surface area contributed by atoms with E-state index >= 15 is 0 Å². The smallest absolute Gasteiger partial charge is 0.246 e. The number of aryl methyl sites for hydroxylation is 1. The molecule has 0 atom stereocenters. The Hall–Kier alpha value is -1.38. The molecule has 0 radical (unpaired) electrons. The number of nitrogen functional groups attached to an aromatic ring is 1. The Bertz CT molecular complexity index is 644. The number of rotatable bonds is 4. The Morgan fingerprint density at radius 3 is 2.78 bits per heavy atom. The fourth-order valence-corrected chi connectivity index (χ4v) is 3.66. The number of aromatic nitrogens is 2. The Kier molecular flexibility index (Phi) is 3.42. The highest BCUT2D eigenvalue weighted by Crippen LogP contribution is 2.21. The second kappa shape index (κ2) is 4.71. The predicted octanol–water partition coefficient (Wildman–Crippen LogP) is 0.851. The first-order chi connectivity index (χ1) is 8.42. The molecule has 0 unspecified atom stereocenters. The summed E-state index contributed by atoms with van der Waals surface area (Å²) in [4.78, 5) is 1.00. The van der Waals surface area contributed by atoms with Gasteiger partial charge in [-0.1, -0.05) is 6.07 Å². The minimum Gasteiger partial charge on any atom is -0.381 e. The van der Waals surface area contributed by atoms with Crippen molar-refractivity contribution in [3.05, 3.63) is 28.1 Å². The molecule has 2 aromatic rings. The molecule has 0 saturated heterocycles. The zero-order valence-electron chi connectivity index (χ0n) is 10.0. The van der Waals surface area contributed by atoms with Gasteiger partial charge >= 0.3 is 0 Å². The van der Waals surface area contributed by atoms with Crippen molar-refractivity contribution in [2.24, 2.45) is 7.05 Å². The molecule has 0 saturated carbocycles. The van der Waals surface area contributed by atoms with Crippen LogP contribution in [0.4, 0.5) is 5.82 Å². The molecule has 18 heavy (non-hydrogen) atoms. The zero-order chi connectivity index (χ0) is 13.3. The predicted molar refractivity (Wildman–Crippen MR) is 70.7 cm³/mol. The minimum absolute atomic E-state index is 0.0219. The monoisotopic (exact) mass is 286 g/mol. The van der Waals surface area contributed by atoms with E-state index in [9.17, 15) is 8.42 Å². The average Bonchev–Trinajstić information content (AvgIpc) is 2.86. The van der Waals surface area contributed by atoms with Gasteiger partial charge in [0, 0.05) is 18.5 Å². The molecule has 0 bridgehead atoms. The van der Waals surface area contributed by atoms with E-state index in [2.05, 4.69) is 9.82 Å². The largest absolute Gasteiger partial charge is 0.381 e. The number of nitrogens with two attached hydrogens (primary N) is 1. The fraction of sp³-hybridized carbons (Fsp3) is 0.300. The molecule has 98 valence electrons. The van der Waals surface area contributed by atoms with Crippen LogP contribution in [0.15, 0.2) is 22.4 Å². The third-order valence-corrected chi connectivity index (χ3v) is 5.03. The first-order valence-corrected chi connectivity index (χ1v) is 7.59. The summed E-state index contributed by atoms with van der Waals surface area (Å²) in [6, 6.07) is 3.74. The summed E-state index contributed by atoms with van der Waals surface area (Å²) in [5, 5.41) is 5.80. The lowest BCUT2D eigenvalue weighted by molar-refractivity contribution is 0.581. The van der Waals surface area contributed by atoms with E-state index in [1.54, 1.807) is 14.0 Å². The van der Waals surface area contributed by atoms with Gasteiger partial charge in [0.05, 0.1) is 5.69 Å². The minimum atomic E-state index is -3.63. The molecule has 0 spiro atoms. The van der Waals surface area contributed by atoms with E-state index < -0.39 is 10.0 Å². The van der Waals surface area contributed by atoms with Crippen molar-refractivity contribution >= 4 is 27.2 Å². The molecule has 0 aliphatic carbocycles. The average molecular weight is 286 g/mol. The molecule has 8 heteroatoms. The maximum absolute atomic E-state index is 12.1. The van der Waals surface area contributed by atoms with Crippen molar-refractivity contribution < 1.29 is 8.42 Å². The normalized spacial score (nSPS) is 11.9. The van der Waals surface area contributed by atoms with Crippen LogP contribution in [0.1, 0.15) is 10.6 Å². The SMILES string of the molecule is Cc1c(S(=O)(=O)NCc2cccs2)c(N)nn1C. The summed E-state index contributed by atoms with van der Waals surface area (Å²) in [6.07, 6.45) is 0. The molecule has 2 aromatic heterocycles. The summed E-state index contributed by atoms with van der Waals surface area (Å²) in [5.74, 6) is 0.0219. The summed E-state index contributed by atoms with van der Waals surface area (Å²) < 4.78 is 28.3. The van der Waals surface area contributed by atoms with Crippen LogP contribution in [0, 0.1) is 6.92 Å². The number of hydrogen-bond acceptors (Lipinski definition) is 5. The van der Waals surface area contributed by atoms with Crippen LogP contribution in [0.2, 0.25) is 0 Å². The molecular weight excluding hydrogens is 272 g/mol. The zero-order valence-corrected chi connectivity index (χ0v) is 11.7. The van der Waals surface area contributed by atoms with Crippen molar-refractivity contribution in [2.45, 2.75) is 18.4 Å². The van der Waals surface area contributed by atoms with E-state index in [-0.39, 0.29) is 17.3 Å². The second-order valence-corrected chi connectivity index (χ2v) is 6.56. The summed E-state index contributed by atoms with van der Waals surface area (Å²) in [5.41, 5.74) is 6.15. The lowest BCUT2D eigenvalue weighted by Crippen LogP contribution is -2.24. The molecule has 0 aliphatic rings. The van der Waals surface area contributed by atoms with Gasteiger partial charge in [-0.05, 0) is 18.4 Å². The van der Waals surface area contributed by atoms with Crippen molar-refractivity contribution in [1.82, 2.24) is 14.5 Å². The van der Waals surface area contributed by atoms with Gasteiger partial charge in [0.2, 0.25) is 10.0 Å². The Morgan fingerprint density at radius 1 is 1.56 bits per heavy atom. The quantitative estimate of drug-likeness (QED) is 0.872. The van der Waals surface area contributed by atoms with Gasteiger partial charge in [-0.2, -0.15) is 5.10 Å². The Labute approximate surface area is 109 Å². The fourth-order valence-electron chi connectivity index (χ4n) is 1.60. The molecule has 2 heterocycles. The van der Waals surface area contributed by atoms with Gasteiger partial charge in [-0.25, -0.2) is 13.1 Å². The number of thiophene rings is 1.